The third-order valence-corrected chi connectivity index (χ3v) is 1.37. The number of aromatic nitrogens is 1. The summed E-state index contributed by atoms with van der Waals surface area (Å²) in [5.41, 5.74) is 0. The smallest absolute Gasteiger partial charge is 0.157 e. The molecule has 0 unspecified atom stereocenters. The fourth-order valence-corrected chi connectivity index (χ4v) is 0.772. The third-order valence-electron chi connectivity index (χ3n) is 1.37. The number of hydrogen-bond donors (Lipinski definition) is 0. The fourth-order valence-electron chi connectivity index (χ4n) is 0.772. The van der Waals surface area contributed by atoms with E-state index in [0.717, 1.165) is 5.75 Å². The summed E-state index contributed by atoms with van der Waals surface area (Å²) in [6, 6.07) is 3.56. The highest BCUT2D eigenvalue weighted by molar-refractivity contribution is 5.59. The predicted molar refractivity (Wildman–Crippen MR) is 52.6 cm³/mol. The first-order valence-corrected chi connectivity index (χ1v) is 3.93. The second kappa shape index (κ2) is 4.45. The van der Waals surface area contributed by atoms with Crippen LogP contribution in [0.2, 0.25) is 0 Å². The van der Waals surface area contributed by atoms with E-state index in [-0.39, 0.29) is 0 Å². The molecule has 0 aromatic carbocycles. The van der Waals surface area contributed by atoms with Gasteiger partial charge in [-0.25, -0.2) is 9.98 Å². The van der Waals surface area contributed by atoms with Crippen LogP contribution in [0.5, 0.6) is 5.75 Å². The summed E-state index contributed by atoms with van der Waals surface area (Å²) in [5.74, 6) is 1.41. The quantitative estimate of drug-likeness (QED) is 0.518. The molecule has 1 heterocycles. The lowest BCUT2D eigenvalue weighted by atomic mass is 10.4. The molecule has 4 heteroatoms. The predicted octanol–water partition coefficient (Wildman–Crippen LogP) is 1.31. The van der Waals surface area contributed by atoms with Gasteiger partial charge in [-0.1, -0.05) is 0 Å². The molecule has 0 saturated heterocycles. The maximum atomic E-state index is 5.03. The molecule has 0 fully saturated rings. The zero-order chi connectivity index (χ0) is 9.68. The van der Waals surface area contributed by atoms with Crippen LogP contribution < -0.4 is 4.74 Å². The van der Waals surface area contributed by atoms with Crippen LogP contribution >= 0.6 is 0 Å². The Morgan fingerprint density at radius 2 is 2.31 bits per heavy atom. The van der Waals surface area contributed by atoms with Gasteiger partial charge in [0.15, 0.2) is 5.82 Å². The van der Waals surface area contributed by atoms with E-state index in [1.54, 1.807) is 31.8 Å². The Morgan fingerprint density at radius 3 is 2.92 bits per heavy atom. The van der Waals surface area contributed by atoms with Gasteiger partial charge in [0.25, 0.3) is 0 Å². The molecule has 70 valence electrons. The molecule has 0 amide bonds. The molecule has 0 radical (unpaired) electrons. The van der Waals surface area contributed by atoms with Gasteiger partial charge in [0.05, 0.1) is 13.4 Å². The van der Waals surface area contributed by atoms with Gasteiger partial charge in [-0.05, 0) is 6.07 Å². The summed E-state index contributed by atoms with van der Waals surface area (Å²) in [6.07, 6.45) is 3.36. The number of methoxy groups -OCH3 is 1. The zero-order valence-corrected chi connectivity index (χ0v) is 8.06. The molecule has 13 heavy (non-hydrogen) atoms. The average molecular weight is 179 g/mol. The second-order valence-corrected chi connectivity index (χ2v) is 2.76. The third kappa shape index (κ3) is 3.11. The lowest BCUT2D eigenvalue weighted by molar-refractivity contribution is 0.414. The van der Waals surface area contributed by atoms with Crippen molar-refractivity contribution in [2.45, 2.75) is 0 Å². The number of aliphatic imine (C=N–C) groups is 1. The average Bonchev–Trinajstić information content (AvgIpc) is 2.15. The Kier molecular flexibility index (Phi) is 3.25. The van der Waals surface area contributed by atoms with Crippen LogP contribution in [0.4, 0.5) is 5.82 Å². The maximum absolute atomic E-state index is 5.03. The number of pyridine rings is 1. The van der Waals surface area contributed by atoms with E-state index in [1.165, 1.54) is 0 Å². The first-order valence-electron chi connectivity index (χ1n) is 3.93. The Labute approximate surface area is 77.9 Å². The zero-order valence-electron chi connectivity index (χ0n) is 8.06. The standard InChI is InChI=1S/C9H13N3O/c1-12(2)7-11-9-6-8(13-3)4-5-10-9/h4-7H,1-3H3. The van der Waals surface area contributed by atoms with Crippen molar-refractivity contribution < 1.29 is 4.74 Å². The van der Waals surface area contributed by atoms with Crippen molar-refractivity contribution in [3.05, 3.63) is 18.3 Å². The van der Waals surface area contributed by atoms with Crippen molar-refractivity contribution in [1.29, 1.82) is 0 Å². The summed E-state index contributed by atoms with van der Waals surface area (Å²) >= 11 is 0. The van der Waals surface area contributed by atoms with E-state index >= 15 is 0 Å². The molecule has 0 aliphatic heterocycles. The van der Waals surface area contributed by atoms with Crippen LogP contribution in [0.1, 0.15) is 0 Å². The molecular weight excluding hydrogens is 166 g/mol. The van der Waals surface area contributed by atoms with E-state index in [4.69, 9.17) is 4.74 Å². The summed E-state index contributed by atoms with van der Waals surface area (Å²) in [7, 11) is 5.43. The molecule has 0 aliphatic rings. The molecule has 1 aromatic rings. The molecule has 0 atom stereocenters. The molecule has 4 nitrogen and oxygen atoms in total. The number of nitrogens with zero attached hydrogens (tertiary/aromatic N) is 3. The van der Waals surface area contributed by atoms with Crippen LogP contribution in [0, 0.1) is 0 Å². The Balaban J connectivity index is 2.77. The van der Waals surface area contributed by atoms with Gasteiger partial charge >= 0.3 is 0 Å². The van der Waals surface area contributed by atoms with Gasteiger partial charge in [-0.3, -0.25) is 0 Å². The Bertz CT molecular complexity index is 297. The van der Waals surface area contributed by atoms with Crippen LogP contribution in [0.25, 0.3) is 0 Å². The first kappa shape index (κ1) is 9.51. The monoisotopic (exact) mass is 179 g/mol. The molecule has 1 aromatic heterocycles. The second-order valence-electron chi connectivity index (χ2n) is 2.76. The van der Waals surface area contributed by atoms with Crippen molar-refractivity contribution in [2.24, 2.45) is 4.99 Å². The Hall–Kier alpha value is -1.58. The van der Waals surface area contributed by atoms with Gasteiger partial charge in [0, 0.05) is 26.4 Å². The first-order chi connectivity index (χ1) is 6.22. The van der Waals surface area contributed by atoms with Crippen LogP contribution in [0.15, 0.2) is 23.3 Å². The minimum Gasteiger partial charge on any atom is -0.497 e. The normalized spacial score (nSPS) is 10.4. The Morgan fingerprint density at radius 1 is 1.54 bits per heavy atom. The molecule has 0 spiro atoms. The SMILES string of the molecule is COc1ccnc(N=CN(C)C)c1. The van der Waals surface area contributed by atoms with E-state index < -0.39 is 0 Å². The lowest BCUT2D eigenvalue weighted by Gasteiger charge is -2.02. The van der Waals surface area contributed by atoms with E-state index in [0.29, 0.717) is 5.82 Å². The highest BCUT2D eigenvalue weighted by atomic mass is 16.5. The van der Waals surface area contributed by atoms with Gasteiger partial charge < -0.3 is 9.64 Å². The minimum atomic E-state index is 0.646. The highest BCUT2D eigenvalue weighted by Crippen LogP contribution is 2.15. The van der Waals surface area contributed by atoms with Crippen molar-refractivity contribution in [3.8, 4) is 5.75 Å². The number of hydrogen-bond acceptors (Lipinski definition) is 3. The minimum absolute atomic E-state index is 0.646. The summed E-state index contributed by atoms with van der Waals surface area (Å²) < 4.78 is 5.03. The van der Waals surface area contributed by atoms with Crippen molar-refractivity contribution in [2.75, 3.05) is 21.2 Å². The molecule has 0 bridgehead atoms. The van der Waals surface area contributed by atoms with Gasteiger partial charge in [-0.15, -0.1) is 0 Å². The molecule has 0 saturated carbocycles. The summed E-state index contributed by atoms with van der Waals surface area (Å²) in [4.78, 5) is 10.0. The molecular formula is C9H13N3O. The van der Waals surface area contributed by atoms with Crippen molar-refractivity contribution in [1.82, 2.24) is 9.88 Å². The fraction of sp³-hybridized carbons (Fsp3) is 0.333. The van der Waals surface area contributed by atoms with Crippen LogP contribution in [-0.2, 0) is 0 Å². The van der Waals surface area contributed by atoms with Crippen molar-refractivity contribution in [3.63, 3.8) is 0 Å². The molecule has 0 N–H and O–H groups in total. The highest BCUT2D eigenvalue weighted by Gasteiger charge is 1.93. The van der Waals surface area contributed by atoms with E-state index in [2.05, 4.69) is 9.98 Å². The lowest BCUT2D eigenvalue weighted by Crippen LogP contribution is -2.07. The largest absolute Gasteiger partial charge is 0.497 e. The summed E-state index contributed by atoms with van der Waals surface area (Å²) in [6.45, 7) is 0. The number of rotatable bonds is 3. The summed E-state index contributed by atoms with van der Waals surface area (Å²) in [5, 5.41) is 0. The van der Waals surface area contributed by atoms with Crippen LogP contribution in [0.3, 0.4) is 0 Å². The topological polar surface area (TPSA) is 37.7 Å². The van der Waals surface area contributed by atoms with Gasteiger partial charge in [0.1, 0.15) is 5.75 Å². The van der Waals surface area contributed by atoms with Crippen molar-refractivity contribution >= 4 is 12.2 Å². The maximum Gasteiger partial charge on any atom is 0.157 e. The van der Waals surface area contributed by atoms with E-state index in [1.807, 2.05) is 19.0 Å². The van der Waals surface area contributed by atoms with Gasteiger partial charge in [-0.2, -0.15) is 0 Å². The van der Waals surface area contributed by atoms with Gasteiger partial charge in [0.2, 0.25) is 0 Å². The molecule has 0 aliphatic carbocycles. The number of ether oxygens (including phenoxy) is 1. The van der Waals surface area contributed by atoms with E-state index in [9.17, 15) is 0 Å². The van der Waals surface area contributed by atoms with Crippen LogP contribution in [-0.4, -0.2) is 37.4 Å². The molecule has 1 rings (SSSR count).